The molecule has 5 nitrogen and oxygen atoms in total. The predicted molar refractivity (Wildman–Crippen MR) is 94.7 cm³/mol. The topological polar surface area (TPSA) is 56.3 Å². The first-order chi connectivity index (χ1) is 11.1. The minimum absolute atomic E-state index is 0.345. The molecular weight excluding hydrogens is 310 g/mol. The first-order valence-corrected chi connectivity index (χ1v) is 8.24. The molecule has 0 atom stereocenters. The quantitative estimate of drug-likeness (QED) is 0.760. The lowest BCUT2D eigenvalue weighted by Gasteiger charge is -2.09. The summed E-state index contributed by atoms with van der Waals surface area (Å²) in [5.41, 5.74) is 2.45. The highest BCUT2D eigenvalue weighted by Crippen LogP contribution is 2.33. The average Bonchev–Trinajstić information content (AvgIpc) is 3.00. The number of rotatable bonds is 5. The van der Waals surface area contributed by atoms with Gasteiger partial charge in [-0.3, -0.25) is 0 Å². The molecular formula is C17H19N3O2S. The van der Waals surface area contributed by atoms with Gasteiger partial charge in [0.1, 0.15) is 17.2 Å². The molecule has 0 radical (unpaired) electrons. The Morgan fingerprint density at radius 2 is 1.87 bits per heavy atom. The van der Waals surface area contributed by atoms with Crippen molar-refractivity contribution in [2.75, 3.05) is 19.5 Å². The Bertz CT molecular complexity index is 830. The molecule has 2 aromatic heterocycles. The number of thiazole rings is 1. The molecule has 2 heterocycles. The largest absolute Gasteiger partial charge is 0.497 e. The van der Waals surface area contributed by atoms with Crippen LogP contribution in [0.25, 0.3) is 22.3 Å². The van der Waals surface area contributed by atoms with Crippen molar-refractivity contribution in [3.8, 4) is 22.9 Å². The molecule has 3 aromatic rings. The van der Waals surface area contributed by atoms with Crippen LogP contribution >= 0.6 is 11.3 Å². The summed E-state index contributed by atoms with van der Waals surface area (Å²) in [5.74, 6) is 1.55. The number of fused-ring (bicyclic) bond motifs is 1. The van der Waals surface area contributed by atoms with Gasteiger partial charge in [-0.25, -0.2) is 9.97 Å². The zero-order chi connectivity index (χ0) is 16.4. The van der Waals surface area contributed by atoms with Crippen LogP contribution < -0.4 is 14.8 Å². The third kappa shape index (κ3) is 3.22. The van der Waals surface area contributed by atoms with Gasteiger partial charge in [-0.05, 0) is 26.0 Å². The molecule has 0 aliphatic carbocycles. The summed E-state index contributed by atoms with van der Waals surface area (Å²) in [6.45, 7) is 4.18. The van der Waals surface area contributed by atoms with Gasteiger partial charge in [0, 0.05) is 28.9 Å². The van der Waals surface area contributed by atoms with Crippen molar-refractivity contribution in [1.82, 2.24) is 9.97 Å². The van der Waals surface area contributed by atoms with Crippen molar-refractivity contribution in [2.24, 2.45) is 0 Å². The Hall–Kier alpha value is -2.34. The van der Waals surface area contributed by atoms with Crippen LogP contribution in [0.3, 0.4) is 0 Å². The molecule has 6 heteroatoms. The van der Waals surface area contributed by atoms with E-state index in [0.29, 0.717) is 6.04 Å². The summed E-state index contributed by atoms with van der Waals surface area (Å²) in [7, 11) is 3.31. The van der Waals surface area contributed by atoms with Gasteiger partial charge >= 0.3 is 0 Å². The Balaban J connectivity index is 2.08. The van der Waals surface area contributed by atoms with Gasteiger partial charge in [0.15, 0.2) is 5.13 Å². The van der Waals surface area contributed by atoms with Gasteiger partial charge in [-0.15, -0.1) is 11.3 Å². The molecule has 1 aromatic carbocycles. The Kier molecular flexibility index (Phi) is 4.34. The van der Waals surface area contributed by atoms with Crippen LogP contribution in [0.5, 0.6) is 11.5 Å². The third-order valence-corrected chi connectivity index (χ3v) is 4.15. The summed E-state index contributed by atoms with van der Waals surface area (Å²) in [6, 6.07) is 8.03. The van der Waals surface area contributed by atoms with Crippen LogP contribution in [0.2, 0.25) is 0 Å². The number of hydrogen-bond donors (Lipinski definition) is 1. The van der Waals surface area contributed by atoms with Crippen LogP contribution in [0.4, 0.5) is 5.13 Å². The highest BCUT2D eigenvalue weighted by molar-refractivity contribution is 7.14. The molecule has 0 amide bonds. The number of methoxy groups -OCH3 is 2. The SMILES string of the molecule is COc1ccc2c(OC)cc(-c3csc(NC(C)C)n3)nc2c1. The fourth-order valence-corrected chi connectivity index (χ4v) is 3.16. The molecule has 0 spiro atoms. The third-order valence-electron chi connectivity index (χ3n) is 3.38. The van der Waals surface area contributed by atoms with Gasteiger partial charge in [0.05, 0.1) is 25.4 Å². The van der Waals surface area contributed by atoms with E-state index in [-0.39, 0.29) is 0 Å². The van der Waals surface area contributed by atoms with Crippen LogP contribution in [0.15, 0.2) is 29.6 Å². The van der Waals surface area contributed by atoms with E-state index in [1.807, 2.05) is 29.6 Å². The van der Waals surface area contributed by atoms with E-state index in [1.165, 1.54) is 0 Å². The van der Waals surface area contributed by atoms with Crippen LogP contribution in [-0.4, -0.2) is 30.2 Å². The van der Waals surface area contributed by atoms with E-state index < -0.39 is 0 Å². The maximum atomic E-state index is 5.51. The van der Waals surface area contributed by atoms with Gasteiger partial charge in [-0.2, -0.15) is 0 Å². The number of anilines is 1. The predicted octanol–water partition coefficient (Wildman–Crippen LogP) is 4.20. The molecule has 0 saturated carbocycles. The minimum atomic E-state index is 0.345. The highest BCUT2D eigenvalue weighted by Gasteiger charge is 2.12. The number of aromatic nitrogens is 2. The van der Waals surface area contributed by atoms with Crippen LogP contribution in [0.1, 0.15) is 13.8 Å². The second kappa shape index (κ2) is 6.42. The van der Waals surface area contributed by atoms with E-state index in [2.05, 4.69) is 24.1 Å². The van der Waals surface area contributed by atoms with Gasteiger partial charge in [0.2, 0.25) is 0 Å². The second-order valence-corrected chi connectivity index (χ2v) is 6.29. The number of nitrogens with zero attached hydrogens (tertiary/aromatic N) is 2. The first-order valence-electron chi connectivity index (χ1n) is 7.36. The molecule has 0 bridgehead atoms. The lowest BCUT2D eigenvalue weighted by Crippen LogP contribution is -2.09. The van der Waals surface area contributed by atoms with Crippen molar-refractivity contribution in [2.45, 2.75) is 19.9 Å². The van der Waals surface area contributed by atoms with Gasteiger partial charge < -0.3 is 14.8 Å². The zero-order valence-electron chi connectivity index (χ0n) is 13.6. The molecule has 1 N–H and O–H groups in total. The summed E-state index contributed by atoms with van der Waals surface area (Å²) < 4.78 is 10.8. The van der Waals surface area contributed by atoms with E-state index in [1.54, 1.807) is 25.6 Å². The Morgan fingerprint density at radius 3 is 2.57 bits per heavy atom. The maximum absolute atomic E-state index is 5.51. The Labute approximate surface area is 139 Å². The highest BCUT2D eigenvalue weighted by atomic mass is 32.1. The molecule has 0 aliphatic heterocycles. The summed E-state index contributed by atoms with van der Waals surface area (Å²) in [4.78, 5) is 9.32. The van der Waals surface area contributed by atoms with E-state index in [0.717, 1.165) is 38.9 Å². The summed E-state index contributed by atoms with van der Waals surface area (Å²) in [5, 5.41) is 7.15. The number of nitrogens with one attached hydrogen (secondary N) is 1. The maximum Gasteiger partial charge on any atom is 0.183 e. The van der Waals surface area contributed by atoms with E-state index in [9.17, 15) is 0 Å². The lowest BCUT2D eigenvalue weighted by atomic mass is 10.1. The molecule has 120 valence electrons. The van der Waals surface area contributed by atoms with Crippen molar-refractivity contribution < 1.29 is 9.47 Å². The molecule has 0 unspecified atom stereocenters. The van der Waals surface area contributed by atoms with E-state index in [4.69, 9.17) is 14.5 Å². The number of hydrogen-bond acceptors (Lipinski definition) is 6. The standard InChI is InChI=1S/C17H19N3O2S/c1-10(2)18-17-20-15(9-23-17)14-8-16(22-4)12-6-5-11(21-3)7-13(12)19-14/h5-10H,1-4H3,(H,18,20). The summed E-state index contributed by atoms with van der Waals surface area (Å²) >= 11 is 1.57. The minimum Gasteiger partial charge on any atom is -0.497 e. The molecule has 0 aliphatic rings. The monoisotopic (exact) mass is 329 g/mol. The van der Waals surface area contributed by atoms with Crippen LogP contribution in [0, 0.1) is 0 Å². The zero-order valence-corrected chi connectivity index (χ0v) is 14.4. The smallest absolute Gasteiger partial charge is 0.183 e. The van der Waals surface area contributed by atoms with E-state index >= 15 is 0 Å². The molecule has 0 fully saturated rings. The lowest BCUT2D eigenvalue weighted by molar-refractivity contribution is 0.414. The van der Waals surface area contributed by atoms with Crippen molar-refractivity contribution in [1.29, 1.82) is 0 Å². The second-order valence-electron chi connectivity index (χ2n) is 5.43. The fraction of sp³-hybridized carbons (Fsp3) is 0.294. The van der Waals surface area contributed by atoms with Crippen molar-refractivity contribution in [3.63, 3.8) is 0 Å². The first kappa shape index (κ1) is 15.6. The summed E-state index contributed by atoms with van der Waals surface area (Å²) in [6.07, 6.45) is 0. The van der Waals surface area contributed by atoms with Gasteiger partial charge in [-0.1, -0.05) is 0 Å². The number of pyridine rings is 1. The van der Waals surface area contributed by atoms with Crippen molar-refractivity contribution in [3.05, 3.63) is 29.6 Å². The number of benzene rings is 1. The Morgan fingerprint density at radius 1 is 1.04 bits per heavy atom. The molecule has 23 heavy (non-hydrogen) atoms. The van der Waals surface area contributed by atoms with Crippen LogP contribution in [-0.2, 0) is 0 Å². The van der Waals surface area contributed by atoms with Crippen molar-refractivity contribution >= 4 is 27.4 Å². The number of ether oxygens (including phenoxy) is 2. The molecule has 0 saturated heterocycles. The normalized spacial score (nSPS) is 11.0. The fourth-order valence-electron chi connectivity index (χ4n) is 2.31. The average molecular weight is 329 g/mol. The van der Waals surface area contributed by atoms with Gasteiger partial charge in [0.25, 0.3) is 0 Å². The molecule has 3 rings (SSSR count).